The van der Waals surface area contributed by atoms with Gasteiger partial charge in [0.05, 0.1) is 0 Å². The Hall–Kier alpha value is -1.36. The van der Waals surface area contributed by atoms with Crippen LogP contribution in [0.15, 0.2) is 10.6 Å². The standard InChI is InChI=1S/C12H19N3O2/c1-10-9-11(14-17-10)12(16)13-5-8-15-6-3-2-4-7-15/h9H,2-8H2,1H3,(H,13,16). The number of nitrogens with one attached hydrogen (secondary N) is 1. The van der Waals surface area contributed by atoms with Gasteiger partial charge in [-0.05, 0) is 32.9 Å². The quantitative estimate of drug-likeness (QED) is 0.854. The summed E-state index contributed by atoms with van der Waals surface area (Å²) < 4.78 is 4.86. The van der Waals surface area contributed by atoms with Gasteiger partial charge < -0.3 is 14.7 Å². The maximum absolute atomic E-state index is 11.6. The van der Waals surface area contributed by atoms with Crippen LogP contribution in [-0.4, -0.2) is 42.1 Å². The van der Waals surface area contributed by atoms with Gasteiger partial charge in [0.2, 0.25) is 0 Å². The molecule has 1 amide bonds. The summed E-state index contributed by atoms with van der Waals surface area (Å²) in [6.45, 7) is 5.67. The summed E-state index contributed by atoms with van der Waals surface area (Å²) >= 11 is 0. The van der Waals surface area contributed by atoms with Crippen molar-refractivity contribution in [1.29, 1.82) is 0 Å². The molecule has 2 rings (SSSR count). The fourth-order valence-corrected chi connectivity index (χ4v) is 2.07. The molecule has 2 heterocycles. The summed E-state index contributed by atoms with van der Waals surface area (Å²) in [6.07, 6.45) is 3.88. The van der Waals surface area contributed by atoms with Crippen LogP contribution in [0.5, 0.6) is 0 Å². The molecule has 0 bridgehead atoms. The number of aromatic nitrogens is 1. The van der Waals surface area contributed by atoms with Crippen molar-refractivity contribution in [3.8, 4) is 0 Å². The van der Waals surface area contributed by atoms with E-state index in [1.54, 1.807) is 13.0 Å². The number of hydrogen-bond acceptors (Lipinski definition) is 4. The third-order valence-electron chi connectivity index (χ3n) is 3.02. The van der Waals surface area contributed by atoms with Gasteiger partial charge in [-0.1, -0.05) is 11.6 Å². The Morgan fingerprint density at radius 2 is 2.24 bits per heavy atom. The minimum Gasteiger partial charge on any atom is -0.361 e. The average Bonchev–Trinajstić information content (AvgIpc) is 2.77. The van der Waals surface area contributed by atoms with E-state index in [0.29, 0.717) is 18.0 Å². The molecule has 0 unspecified atom stereocenters. The molecule has 5 heteroatoms. The van der Waals surface area contributed by atoms with E-state index in [0.717, 1.165) is 19.6 Å². The van der Waals surface area contributed by atoms with Crippen LogP contribution in [-0.2, 0) is 0 Å². The van der Waals surface area contributed by atoms with Crippen molar-refractivity contribution in [2.24, 2.45) is 0 Å². The van der Waals surface area contributed by atoms with E-state index < -0.39 is 0 Å². The van der Waals surface area contributed by atoms with Crippen LogP contribution >= 0.6 is 0 Å². The molecule has 17 heavy (non-hydrogen) atoms. The van der Waals surface area contributed by atoms with Crippen molar-refractivity contribution in [1.82, 2.24) is 15.4 Å². The van der Waals surface area contributed by atoms with E-state index in [1.165, 1.54) is 19.3 Å². The lowest BCUT2D eigenvalue weighted by molar-refractivity contribution is 0.0937. The van der Waals surface area contributed by atoms with Gasteiger partial charge in [-0.25, -0.2) is 0 Å². The summed E-state index contributed by atoms with van der Waals surface area (Å²) in [5, 5.41) is 6.54. The lowest BCUT2D eigenvalue weighted by atomic mass is 10.1. The molecule has 5 nitrogen and oxygen atoms in total. The van der Waals surface area contributed by atoms with Crippen LogP contribution in [0, 0.1) is 6.92 Å². The molecule has 1 N–H and O–H groups in total. The van der Waals surface area contributed by atoms with Crippen LogP contribution in [0.2, 0.25) is 0 Å². The Morgan fingerprint density at radius 1 is 1.47 bits per heavy atom. The van der Waals surface area contributed by atoms with E-state index in [-0.39, 0.29) is 5.91 Å². The van der Waals surface area contributed by atoms with E-state index in [1.807, 2.05) is 0 Å². The molecule has 1 fully saturated rings. The number of nitrogens with zero attached hydrogens (tertiary/aromatic N) is 2. The van der Waals surface area contributed by atoms with Crippen LogP contribution in [0.3, 0.4) is 0 Å². The van der Waals surface area contributed by atoms with Crippen molar-refractivity contribution in [2.75, 3.05) is 26.2 Å². The van der Waals surface area contributed by atoms with Crippen molar-refractivity contribution in [2.45, 2.75) is 26.2 Å². The summed E-state index contributed by atoms with van der Waals surface area (Å²) in [6, 6.07) is 1.65. The fraction of sp³-hybridized carbons (Fsp3) is 0.667. The average molecular weight is 237 g/mol. The molecular formula is C12H19N3O2. The Morgan fingerprint density at radius 3 is 2.88 bits per heavy atom. The molecule has 1 saturated heterocycles. The Bertz CT molecular complexity index is 370. The van der Waals surface area contributed by atoms with Crippen LogP contribution in [0.1, 0.15) is 35.5 Å². The van der Waals surface area contributed by atoms with Crippen LogP contribution < -0.4 is 5.32 Å². The van der Waals surface area contributed by atoms with Gasteiger partial charge in [-0.3, -0.25) is 4.79 Å². The van der Waals surface area contributed by atoms with Gasteiger partial charge in [-0.15, -0.1) is 0 Å². The fourth-order valence-electron chi connectivity index (χ4n) is 2.07. The molecule has 0 atom stereocenters. The monoisotopic (exact) mass is 237 g/mol. The summed E-state index contributed by atoms with van der Waals surface area (Å²) in [4.78, 5) is 14.0. The SMILES string of the molecule is Cc1cc(C(=O)NCCN2CCCCC2)no1. The molecule has 0 aromatic carbocycles. The van der Waals surface area contributed by atoms with Gasteiger partial charge in [0.1, 0.15) is 5.76 Å². The van der Waals surface area contributed by atoms with Gasteiger partial charge in [0.25, 0.3) is 5.91 Å². The van der Waals surface area contributed by atoms with Crippen molar-refractivity contribution >= 4 is 5.91 Å². The first kappa shape index (κ1) is 12.1. The number of aryl methyl sites for hydroxylation is 1. The highest BCUT2D eigenvalue weighted by Crippen LogP contribution is 2.07. The molecule has 0 saturated carbocycles. The number of amides is 1. The lowest BCUT2D eigenvalue weighted by Gasteiger charge is -2.26. The maximum atomic E-state index is 11.6. The Labute approximate surface area is 101 Å². The van der Waals surface area contributed by atoms with Crippen LogP contribution in [0.4, 0.5) is 0 Å². The molecule has 1 aromatic heterocycles. The normalized spacial score (nSPS) is 17.0. The van der Waals surface area contributed by atoms with E-state index >= 15 is 0 Å². The first-order valence-corrected chi connectivity index (χ1v) is 6.19. The Balaban J connectivity index is 1.69. The highest BCUT2D eigenvalue weighted by molar-refractivity contribution is 5.92. The number of carbonyl (C=O) groups is 1. The maximum Gasteiger partial charge on any atom is 0.273 e. The zero-order chi connectivity index (χ0) is 12.1. The smallest absolute Gasteiger partial charge is 0.273 e. The summed E-state index contributed by atoms with van der Waals surface area (Å²) in [5.74, 6) is 0.505. The van der Waals surface area contributed by atoms with E-state index in [9.17, 15) is 4.79 Å². The molecule has 94 valence electrons. The number of rotatable bonds is 4. The highest BCUT2D eigenvalue weighted by atomic mass is 16.5. The second-order valence-electron chi connectivity index (χ2n) is 4.48. The first-order valence-electron chi connectivity index (χ1n) is 6.19. The van der Waals surface area contributed by atoms with Gasteiger partial charge in [0.15, 0.2) is 5.69 Å². The molecule has 0 spiro atoms. The topological polar surface area (TPSA) is 58.4 Å². The predicted octanol–water partition coefficient (Wildman–Crippen LogP) is 1.20. The van der Waals surface area contributed by atoms with Crippen molar-refractivity contribution < 1.29 is 9.32 Å². The minimum absolute atomic E-state index is 0.154. The van der Waals surface area contributed by atoms with Crippen molar-refractivity contribution in [3.63, 3.8) is 0 Å². The number of likely N-dealkylation sites (tertiary alicyclic amines) is 1. The summed E-state index contributed by atoms with van der Waals surface area (Å²) in [5.41, 5.74) is 0.362. The molecule has 1 aliphatic rings. The van der Waals surface area contributed by atoms with E-state index in [2.05, 4.69) is 15.4 Å². The molecular weight excluding hydrogens is 218 g/mol. The second kappa shape index (κ2) is 5.82. The molecule has 1 aromatic rings. The largest absolute Gasteiger partial charge is 0.361 e. The number of piperidine rings is 1. The number of hydrogen-bond donors (Lipinski definition) is 1. The second-order valence-corrected chi connectivity index (χ2v) is 4.48. The molecule has 0 aliphatic carbocycles. The molecule has 1 aliphatic heterocycles. The summed E-state index contributed by atoms with van der Waals surface area (Å²) in [7, 11) is 0. The van der Waals surface area contributed by atoms with Gasteiger partial charge in [0, 0.05) is 19.2 Å². The third kappa shape index (κ3) is 3.56. The van der Waals surface area contributed by atoms with E-state index in [4.69, 9.17) is 4.52 Å². The number of carbonyl (C=O) groups excluding carboxylic acids is 1. The highest BCUT2D eigenvalue weighted by Gasteiger charge is 2.12. The zero-order valence-electron chi connectivity index (χ0n) is 10.2. The lowest BCUT2D eigenvalue weighted by Crippen LogP contribution is -2.37. The van der Waals surface area contributed by atoms with Gasteiger partial charge >= 0.3 is 0 Å². The Kier molecular flexibility index (Phi) is 4.14. The van der Waals surface area contributed by atoms with Gasteiger partial charge in [-0.2, -0.15) is 0 Å². The molecule has 0 radical (unpaired) electrons. The van der Waals surface area contributed by atoms with Crippen molar-refractivity contribution in [3.05, 3.63) is 17.5 Å². The first-order chi connectivity index (χ1) is 8.25. The van der Waals surface area contributed by atoms with Crippen LogP contribution in [0.25, 0.3) is 0 Å². The predicted molar refractivity (Wildman–Crippen MR) is 63.9 cm³/mol. The zero-order valence-corrected chi connectivity index (χ0v) is 10.2. The third-order valence-corrected chi connectivity index (χ3v) is 3.02. The minimum atomic E-state index is -0.154.